The summed E-state index contributed by atoms with van der Waals surface area (Å²) in [5.41, 5.74) is 0.303. The van der Waals surface area contributed by atoms with E-state index in [9.17, 15) is 13.2 Å². The van der Waals surface area contributed by atoms with Crippen molar-refractivity contribution in [3.63, 3.8) is 0 Å². The summed E-state index contributed by atoms with van der Waals surface area (Å²) in [6, 6.07) is 3.11. The van der Waals surface area contributed by atoms with Crippen LogP contribution in [-0.4, -0.2) is 53.5 Å². The Morgan fingerprint density at radius 2 is 1.52 bits per heavy atom. The number of hydrogen-bond acceptors (Lipinski definition) is 6. The zero-order valence-electron chi connectivity index (χ0n) is 15.0. The first-order valence-corrected chi connectivity index (χ1v) is 9.79. The zero-order valence-corrected chi connectivity index (χ0v) is 15.9. The molecular formula is C16H26N2O6S. The highest BCUT2D eigenvalue weighted by Gasteiger charge is 2.18. The third-order valence-corrected chi connectivity index (χ3v) is 4.50. The maximum Gasteiger partial charge on any atom is 0.251 e. The van der Waals surface area contributed by atoms with Crippen LogP contribution in [0.2, 0.25) is 0 Å². The van der Waals surface area contributed by atoms with Crippen molar-refractivity contribution in [1.82, 2.24) is 10.0 Å². The van der Waals surface area contributed by atoms with E-state index in [1.165, 1.54) is 7.05 Å². The fraction of sp³-hybridized carbons (Fsp3) is 0.562. The van der Waals surface area contributed by atoms with Gasteiger partial charge in [-0.1, -0.05) is 0 Å². The summed E-state index contributed by atoms with van der Waals surface area (Å²) in [5, 5.41) is 2.57. The summed E-state index contributed by atoms with van der Waals surface area (Å²) in [4.78, 5) is 12.3. The molecule has 0 atom stereocenters. The Morgan fingerprint density at radius 3 is 1.96 bits per heavy atom. The normalized spacial score (nSPS) is 11.0. The highest BCUT2D eigenvalue weighted by atomic mass is 32.2. The molecule has 0 radical (unpaired) electrons. The summed E-state index contributed by atoms with van der Waals surface area (Å²) < 4.78 is 41.7. The number of ether oxygens (including phenoxy) is 3. The summed E-state index contributed by atoms with van der Waals surface area (Å²) in [7, 11) is -2.05. The predicted molar refractivity (Wildman–Crippen MR) is 95.1 cm³/mol. The number of amides is 1. The molecule has 0 spiro atoms. The van der Waals surface area contributed by atoms with E-state index in [1.54, 1.807) is 12.1 Å². The Morgan fingerprint density at radius 1 is 1.00 bits per heavy atom. The van der Waals surface area contributed by atoms with Crippen molar-refractivity contribution < 1.29 is 27.4 Å². The number of carbonyl (C=O) groups is 1. The van der Waals surface area contributed by atoms with E-state index in [-0.39, 0.29) is 12.3 Å². The molecule has 0 aliphatic heterocycles. The van der Waals surface area contributed by atoms with E-state index in [4.69, 9.17) is 14.2 Å². The molecule has 0 aliphatic rings. The van der Waals surface area contributed by atoms with Gasteiger partial charge in [0, 0.05) is 12.1 Å². The molecule has 25 heavy (non-hydrogen) atoms. The Balaban J connectivity index is 3.03. The van der Waals surface area contributed by atoms with E-state index in [0.29, 0.717) is 42.6 Å². The van der Waals surface area contributed by atoms with Crippen LogP contribution in [0.3, 0.4) is 0 Å². The van der Waals surface area contributed by atoms with Crippen molar-refractivity contribution in [1.29, 1.82) is 0 Å². The molecule has 142 valence electrons. The van der Waals surface area contributed by atoms with Crippen LogP contribution in [-0.2, 0) is 10.0 Å². The van der Waals surface area contributed by atoms with Gasteiger partial charge in [-0.05, 0) is 40.0 Å². The molecule has 9 heteroatoms. The molecule has 0 saturated carbocycles. The average Bonchev–Trinajstić information content (AvgIpc) is 2.57. The summed E-state index contributed by atoms with van der Waals surface area (Å²) in [6.07, 6.45) is 0. The molecule has 1 amide bonds. The first-order chi connectivity index (χ1) is 11.9. The number of benzene rings is 1. The van der Waals surface area contributed by atoms with Crippen LogP contribution >= 0.6 is 0 Å². The van der Waals surface area contributed by atoms with Crippen LogP contribution in [0.15, 0.2) is 12.1 Å². The second-order valence-corrected chi connectivity index (χ2v) is 6.93. The van der Waals surface area contributed by atoms with E-state index in [0.717, 1.165) is 0 Å². The van der Waals surface area contributed by atoms with Crippen LogP contribution in [0.1, 0.15) is 31.1 Å². The quantitative estimate of drug-likeness (QED) is 0.603. The van der Waals surface area contributed by atoms with Crippen molar-refractivity contribution in [2.45, 2.75) is 20.8 Å². The number of nitrogens with one attached hydrogen (secondary N) is 2. The molecule has 0 bridgehead atoms. The lowest BCUT2D eigenvalue weighted by atomic mass is 10.1. The van der Waals surface area contributed by atoms with Gasteiger partial charge in [0.15, 0.2) is 11.5 Å². The van der Waals surface area contributed by atoms with Crippen LogP contribution in [0, 0.1) is 0 Å². The first-order valence-electron chi connectivity index (χ1n) is 8.14. The second-order valence-electron chi connectivity index (χ2n) is 4.88. The topological polar surface area (TPSA) is 103 Å². The molecule has 1 aromatic rings. The molecule has 0 saturated heterocycles. The summed E-state index contributed by atoms with van der Waals surface area (Å²) in [5.74, 6) is 0.631. The number of rotatable bonds is 11. The smallest absolute Gasteiger partial charge is 0.251 e. The standard InChI is InChI=1S/C16H26N2O6S/c1-5-22-13-10-12(11-14(23-6-2)15(13)24-7-3)16(19)18-8-9-25(20,21)17-4/h10-11,17H,5-9H2,1-4H3,(H,18,19). The monoisotopic (exact) mass is 374 g/mol. The first kappa shape index (κ1) is 21.0. The SMILES string of the molecule is CCOc1cc(C(=O)NCCS(=O)(=O)NC)cc(OCC)c1OCC. The minimum atomic E-state index is -3.38. The van der Waals surface area contributed by atoms with Gasteiger partial charge in [0.05, 0.1) is 25.6 Å². The molecule has 0 heterocycles. The molecule has 1 aromatic carbocycles. The third kappa shape index (κ3) is 6.43. The third-order valence-electron chi connectivity index (χ3n) is 3.14. The van der Waals surface area contributed by atoms with Gasteiger partial charge in [-0.3, -0.25) is 4.79 Å². The Kier molecular flexibility index (Phi) is 8.50. The van der Waals surface area contributed by atoms with Crippen molar-refractivity contribution in [2.75, 3.05) is 39.2 Å². The summed E-state index contributed by atoms with van der Waals surface area (Å²) in [6.45, 7) is 6.70. The second kappa shape index (κ2) is 10.1. The molecule has 0 fully saturated rings. The van der Waals surface area contributed by atoms with Crippen LogP contribution in [0.5, 0.6) is 17.2 Å². The minimum absolute atomic E-state index is 0.0108. The molecule has 0 aromatic heterocycles. The fourth-order valence-corrected chi connectivity index (χ4v) is 2.60. The predicted octanol–water partition coefficient (Wildman–Crippen LogP) is 1.16. The van der Waals surface area contributed by atoms with E-state index >= 15 is 0 Å². The van der Waals surface area contributed by atoms with Gasteiger partial charge in [0.2, 0.25) is 15.8 Å². The van der Waals surface area contributed by atoms with Crippen LogP contribution < -0.4 is 24.2 Å². The molecule has 2 N–H and O–H groups in total. The van der Waals surface area contributed by atoms with Gasteiger partial charge in [-0.25, -0.2) is 13.1 Å². The van der Waals surface area contributed by atoms with Crippen LogP contribution in [0.25, 0.3) is 0 Å². The van der Waals surface area contributed by atoms with Crippen molar-refractivity contribution in [3.8, 4) is 17.2 Å². The Labute approximate surface area is 148 Å². The number of carbonyl (C=O) groups excluding carboxylic acids is 1. The van der Waals surface area contributed by atoms with Gasteiger partial charge < -0.3 is 19.5 Å². The molecule has 0 aliphatic carbocycles. The molecule has 0 unspecified atom stereocenters. The fourth-order valence-electron chi connectivity index (χ4n) is 2.02. The maximum absolute atomic E-state index is 12.3. The number of sulfonamides is 1. The van der Waals surface area contributed by atoms with Gasteiger partial charge in [0.1, 0.15) is 0 Å². The maximum atomic E-state index is 12.3. The minimum Gasteiger partial charge on any atom is -0.490 e. The zero-order chi connectivity index (χ0) is 18.9. The van der Waals surface area contributed by atoms with Crippen molar-refractivity contribution >= 4 is 15.9 Å². The van der Waals surface area contributed by atoms with Gasteiger partial charge in [-0.15, -0.1) is 0 Å². The molecule has 8 nitrogen and oxygen atoms in total. The van der Waals surface area contributed by atoms with E-state index in [1.807, 2.05) is 20.8 Å². The van der Waals surface area contributed by atoms with Gasteiger partial charge in [0.25, 0.3) is 5.91 Å². The lowest BCUT2D eigenvalue weighted by Crippen LogP contribution is -2.33. The lowest BCUT2D eigenvalue weighted by molar-refractivity contribution is 0.0955. The van der Waals surface area contributed by atoms with E-state index < -0.39 is 15.9 Å². The van der Waals surface area contributed by atoms with E-state index in [2.05, 4.69) is 10.0 Å². The van der Waals surface area contributed by atoms with Crippen molar-refractivity contribution in [2.24, 2.45) is 0 Å². The van der Waals surface area contributed by atoms with Gasteiger partial charge in [-0.2, -0.15) is 0 Å². The molecular weight excluding hydrogens is 348 g/mol. The number of hydrogen-bond donors (Lipinski definition) is 2. The summed E-state index contributed by atoms with van der Waals surface area (Å²) >= 11 is 0. The largest absolute Gasteiger partial charge is 0.490 e. The molecule has 1 rings (SSSR count). The highest BCUT2D eigenvalue weighted by molar-refractivity contribution is 7.89. The lowest BCUT2D eigenvalue weighted by Gasteiger charge is -2.17. The highest BCUT2D eigenvalue weighted by Crippen LogP contribution is 2.39. The Bertz CT molecular complexity index is 648. The average molecular weight is 374 g/mol. The Hall–Kier alpha value is -2.00. The van der Waals surface area contributed by atoms with Crippen LogP contribution in [0.4, 0.5) is 0 Å². The van der Waals surface area contributed by atoms with Gasteiger partial charge >= 0.3 is 0 Å². The van der Waals surface area contributed by atoms with Crippen molar-refractivity contribution in [3.05, 3.63) is 17.7 Å².